The van der Waals surface area contributed by atoms with Crippen LogP contribution >= 0.6 is 0 Å². The molecule has 0 saturated carbocycles. The molecule has 1 atom stereocenters. The number of H-pyrrole nitrogens is 1. The molecule has 31 heavy (non-hydrogen) atoms. The van der Waals surface area contributed by atoms with Crippen molar-refractivity contribution >= 4 is 48.8 Å². The molecule has 1 aliphatic rings. The molecule has 1 aliphatic heterocycles. The Kier molecular flexibility index (Phi) is 4.66. The molecule has 8 heteroatoms. The first-order valence-corrected chi connectivity index (χ1v) is 12.1. The van der Waals surface area contributed by atoms with E-state index in [0.717, 1.165) is 38.8 Å². The summed E-state index contributed by atoms with van der Waals surface area (Å²) in [4.78, 5) is 6.47. The zero-order valence-electron chi connectivity index (χ0n) is 17.2. The lowest BCUT2D eigenvalue weighted by atomic mass is 10.0. The van der Waals surface area contributed by atoms with Crippen LogP contribution in [0.15, 0.2) is 61.3 Å². The number of aromatic nitrogens is 3. The average molecular weight is 434 g/mol. The number of fused-ring (bicyclic) bond motifs is 2. The van der Waals surface area contributed by atoms with Gasteiger partial charge in [-0.25, -0.2) is 8.42 Å². The van der Waals surface area contributed by atoms with Gasteiger partial charge in [0.05, 0.1) is 10.8 Å². The van der Waals surface area contributed by atoms with E-state index in [2.05, 4.69) is 50.2 Å². The Hall–Kier alpha value is -3.39. The van der Waals surface area contributed by atoms with E-state index in [1.807, 2.05) is 30.3 Å². The van der Waals surface area contributed by atoms with Gasteiger partial charge in [0.15, 0.2) is 15.7 Å². The number of nitrogens with zero attached hydrogens (tertiary/aromatic N) is 3. The second kappa shape index (κ2) is 7.39. The van der Waals surface area contributed by atoms with E-state index in [1.165, 1.54) is 6.26 Å². The maximum Gasteiger partial charge on any atom is 0.178 e. The molecule has 2 N–H and O–H groups in total. The Morgan fingerprint density at radius 3 is 2.90 bits per heavy atom. The number of likely N-dealkylation sites (tertiary alicyclic amines) is 1. The summed E-state index contributed by atoms with van der Waals surface area (Å²) >= 11 is 0. The van der Waals surface area contributed by atoms with Crippen LogP contribution in [-0.2, 0) is 9.84 Å². The fourth-order valence-corrected chi connectivity index (χ4v) is 5.17. The third kappa shape index (κ3) is 3.63. The van der Waals surface area contributed by atoms with Crippen molar-refractivity contribution in [2.45, 2.75) is 11.7 Å². The predicted octanol–water partition coefficient (Wildman–Crippen LogP) is 3.94. The fourth-order valence-electron chi connectivity index (χ4n) is 4.18. The lowest BCUT2D eigenvalue weighted by Gasteiger charge is -2.22. The minimum absolute atomic E-state index is 0.327. The molecule has 1 fully saturated rings. The molecule has 0 spiro atoms. The maximum absolute atomic E-state index is 11.9. The highest BCUT2D eigenvalue weighted by Crippen LogP contribution is 2.32. The summed E-state index contributed by atoms with van der Waals surface area (Å²) in [6.07, 6.45) is 3.70. The van der Waals surface area contributed by atoms with Crippen LogP contribution in [0.1, 0.15) is 12.0 Å². The summed E-state index contributed by atoms with van der Waals surface area (Å²) in [5.41, 5.74) is 4.46. The number of hydrogen-bond acceptors (Lipinski definition) is 6. The van der Waals surface area contributed by atoms with Gasteiger partial charge in [-0.1, -0.05) is 30.8 Å². The van der Waals surface area contributed by atoms with Crippen molar-refractivity contribution in [1.82, 2.24) is 20.1 Å². The van der Waals surface area contributed by atoms with Crippen LogP contribution in [0.25, 0.3) is 27.5 Å². The molecule has 2 aromatic heterocycles. The van der Waals surface area contributed by atoms with E-state index in [-0.39, 0.29) is 5.25 Å². The van der Waals surface area contributed by atoms with Gasteiger partial charge in [-0.05, 0) is 41.5 Å². The highest BCUT2D eigenvalue weighted by atomic mass is 32.2. The van der Waals surface area contributed by atoms with E-state index in [4.69, 9.17) is 0 Å². The van der Waals surface area contributed by atoms with Crippen LogP contribution in [0.2, 0.25) is 0 Å². The number of rotatable bonds is 5. The lowest BCUT2D eigenvalue weighted by molar-refractivity contribution is 0.493. The van der Waals surface area contributed by atoms with Gasteiger partial charge in [0.2, 0.25) is 0 Å². The van der Waals surface area contributed by atoms with Crippen LogP contribution in [0.5, 0.6) is 0 Å². The standard InChI is InChI=1S/C23H23N5O2S/c1-15(28-12-10-18(14-28)31(2,29)30)19-6-3-5-16-13-17(8-9-20(16)19)25-23-22-21(26-27-23)7-4-11-24-22/h3-9,11,13,18H,1,10,12,14H2,2H3,(H2,25,26,27). The van der Waals surface area contributed by atoms with Gasteiger partial charge in [0.25, 0.3) is 0 Å². The van der Waals surface area contributed by atoms with Crippen molar-refractivity contribution in [2.24, 2.45) is 0 Å². The monoisotopic (exact) mass is 433 g/mol. The second-order valence-corrected chi connectivity index (χ2v) is 10.3. The molecule has 158 valence electrons. The average Bonchev–Trinajstić information content (AvgIpc) is 3.41. The zero-order valence-corrected chi connectivity index (χ0v) is 18.0. The van der Waals surface area contributed by atoms with E-state index in [1.54, 1.807) is 6.20 Å². The Morgan fingerprint density at radius 2 is 2.10 bits per heavy atom. The molecule has 0 radical (unpaired) electrons. The summed E-state index contributed by atoms with van der Waals surface area (Å²) < 4.78 is 23.9. The van der Waals surface area contributed by atoms with E-state index < -0.39 is 9.84 Å². The molecule has 0 amide bonds. The smallest absolute Gasteiger partial charge is 0.178 e. The van der Waals surface area contributed by atoms with Gasteiger partial charge in [-0.15, -0.1) is 0 Å². The molecule has 5 rings (SSSR count). The van der Waals surface area contributed by atoms with Crippen LogP contribution in [0.4, 0.5) is 11.5 Å². The number of aromatic amines is 1. The summed E-state index contributed by atoms with van der Waals surface area (Å²) in [5, 5.41) is 12.5. The van der Waals surface area contributed by atoms with Gasteiger partial charge in [-0.2, -0.15) is 5.10 Å². The number of pyridine rings is 1. The minimum atomic E-state index is -3.04. The number of nitrogens with one attached hydrogen (secondary N) is 2. The Bertz CT molecular complexity index is 1410. The Morgan fingerprint density at radius 1 is 1.23 bits per heavy atom. The molecule has 1 saturated heterocycles. The normalized spacial score (nSPS) is 16.8. The SMILES string of the molecule is C=C(c1cccc2cc(Nc3n[nH]c4cccnc34)ccc12)N1CCC(S(C)(=O)=O)C1. The fraction of sp³-hybridized carbons (Fsp3) is 0.217. The Balaban J connectivity index is 1.43. The third-order valence-electron chi connectivity index (χ3n) is 5.91. The lowest BCUT2D eigenvalue weighted by Crippen LogP contribution is -2.25. The zero-order chi connectivity index (χ0) is 21.6. The first kappa shape index (κ1) is 19.6. The van der Waals surface area contributed by atoms with E-state index in [9.17, 15) is 8.42 Å². The number of hydrogen-bond donors (Lipinski definition) is 2. The summed E-state index contributed by atoms with van der Waals surface area (Å²) in [6, 6.07) is 16.0. The van der Waals surface area contributed by atoms with Gasteiger partial charge in [0, 0.05) is 42.5 Å². The van der Waals surface area contributed by atoms with Crippen molar-refractivity contribution in [3.05, 3.63) is 66.9 Å². The quantitative estimate of drug-likeness (QED) is 0.495. The van der Waals surface area contributed by atoms with Crippen LogP contribution in [0, 0.1) is 0 Å². The number of sulfone groups is 1. The highest BCUT2D eigenvalue weighted by Gasteiger charge is 2.31. The maximum atomic E-state index is 11.9. The van der Waals surface area contributed by atoms with Crippen LogP contribution in [-0.4, -0.2) is 53.1 Å². The molecule has 7 nitrogen and oxygen atoms in total. The molecule has 2 aromatic carbocycles. The molecular weight excluding hydrogens is 410 g/mol. The van der Waals surface area contributed by atoms with E-state index >= 15 is 0 Å². The van der Waals surface area contributed by atoms with Gasteiger partial charge in [0.1, 0.15) is 5.52 Å². The molecule has 0 bridgehead atoms. The second-order valence-electron chi connectivity index (χ2n) is 7.97. The van der Waals surface area contributed by atoms with Crippen LogP contribution in [0.3, 0.4) is 0 Å². The first-order valence-electron chi connectivity index (χ1n) is 10.1. The minimum Gasteiger partial charge on any atom is -0.370 e. The Labute approximate surface area is 180 Å². The van der Waals surface area contributed by atoms with Crippen molar-refractivity contribution in [1.29, 1.82) is 0 Å². The molecule has 0 aliphatic carbocycles. The number of anilines is 2. The summed E-state index contributed by atoms with van der Waals surface area (Å²) in [5.74, 6) is 0.680. The van der Waals surface area contributed by atoms with Crippen molar-refractivity contribution in [2.75, 3.05) is 24.7 Å². The van der Waals surface area contributed by atoms with E-state index in [0.29, 0.717) is 25.3 Å². The summed E-state index contributed by atoms with van der Waals surface area (Å²) in [6.45, 7) is 5.48. The highest BCUT2D eigenvalue weighted by molar-refractivity contribution is 7.91. The van der Waals surface area contributed by atoms with Crippen LogP contribution < -0.4 is 5.32 Å². The largest absolute Gasteiger partial charge is 0.370 e. The number of benzene rings is 2. The first-order chi connectivity index (χ1) is 14.9. The molecule has 1 unspecified atom stereocenters. The van der Waals surface area contributed by atoms with Crippen molar-refractivity contribution in [3.63, 3.8) is 0 Å². The summed E-state index contributed by atoms with van der Waals surface area (Å²) in [7, 11) is -3.04. The van der Waals surface area contributed by atoms with Crippen molar-refractivity contribution < 1.29 is 8.42 Å². The topological polar surface area (TPSA) is 91.0 Å². The third-order valence-corrected chi connectivity index (χ3v) is 7.50. The van der Waals surface area contributed by atoms with Gasteiger partial charge < -0.3 is 10.2 Å². The molecule has 4 aromatic rings. The molecular formula is C23H23N5O2S. The van der Waals surface area contributed by atoms with Crippen molar-refractivity contribution in [3.8, 4) is 0 Å². The van der Waals surface area contributed by atoms with Gasteiger partial charge >= 0.3 is 0 Å². The van der Waals surface area contributed by atoms with Gasteiger partial charge in [-0.3, -0.25) is 10.1 Å². The predicted molar refractivity (Wildman–Crippen MR) is 125 cm³/mol. The molecule has 3 heterocycles.